The predicted molar refractivity (Wildman–Crippen MR) is 76.0 cm³/mol. The summed E-state index contributed by atoms with van der Waals surface area (Å²) in [5.74, 6) is -0.116. The maximum atomic E-state index is 12.5. The lowest BCUT2D eigenvalue weighted by Gasteiger charge is -2.47. The molecule has 1 aliphatic rings. The molecule has 0 unspecified atom stereocenters. The molecule has 1 aromatic heterocycles. The van der Waals surface area contributed by atoms with Crippen LogP contribution in [0.1, 0.15) is 33.3 Å². The molecule has 1 aromatic rings. The van der Waals surface area contributed by atoms with Crippen LogP contribution in [0.2, 0.25) is 0 Å². The average Bonchev–Trinajstić information content (AvgIpc) is 2.79. The van der Waals surface area contributed by atoms with E-state index in [1.54, 1.807) is 43.9 Å². The quantitative estimate of drug-likeness (QED) is 0.918. The Morgan fingerprint density at radius 2 is 1.95 bits per heavy atom. The van der Waals surface area contributed by atoms with Gasteiger partial charge in [-0.3, -0.25) is 9.59 Å². The first kappa shape index (κ1) is 14.1. The molecular weight excluding hydrogens is 260 g/mol. The first-order valence-electron chi connectivity index (χ1n) is 6.41. The Bertz CT molecular complexity index is 492. The molecule has 2 amide bonds. The molecule has 0 bridgehead atoms. The van der Waals surface area contributed by atoms with Crippen molar-refractivity contribution in [3.8, 4) is 0 Å². The van der Waals surface area contributed by atoms with E-state index < -0.39 is 11.1 Å². The van der Waals surface area contributed by atoms with Crippen molar-refractivity contribution in [2.75, 3.05) is 6.54 Å². The summed E-state index contributed by atoms with van der Waals surface area (Å²) in [5.41, 5.74) is -0.401. The Morgan fingerprint density at radius 3 is 2.53 bits per heavy atom. The summed E-state index contributed by atoms with van der Waals surface area (Å²) in [6.07, 6.45) is 0.780. The highest BCUT2D eigenvalue weighted by atomic mass is 32.1. The first-order valence-corrected chi connectivity index (χ1v) is 7.35. The largest absolute Gasteiger partial charge is 0.340 e. The zero-order chi connectivity index (χ0) is 14.3. The summed E-state index contributed by atoms with van der Waals surface area (Å²) in [5, 5.41) is 6.89. The van der Waals surface area contributed by atoms with Gasteiger partial charge in [0.25, 0.3) is 0 Å². The summed E-state index contributed by atoms with van der Waals surface area (Å²) in [6.45, 7) is 7.66. The molecule has 1 fully saturated rings. The highest BCUT2D eigenvalue weighted by Gasteiger charge is 2.49. The van der Waals surface area contributed by atoms with Crippen LogP contribution in [0.15, 0.2) is 16.8 Å². The third-order valence-electron chi connectivity index (χ3n) is 3.64. The summed E-state index contributed by atoms with van der Waals surface area (Å²) in [7, 11) is 0. The molecule has 1 N–H and O–H groups in total. The maximum Gasteiger partial charge on any atom is 0.248 e. The zero-order valence-corrected chi connectivity index (χ0v) is 12.6. The van der Waals surface area contributed by atoms with Gasteiger partial charge in [-0.2, -0.15) is 11.3 Å². The molecule has 2 heterocycles. The number of hydrogen-bond donors (Lipinski definition) is 1. The molecule has 19 heavy (non-hydrogen) atoms. The van der Waals surface area contributed by atoms with Crippen LogP contribution in [0.3, 0.4) is 0 Å². The second-order valence-electron chi connectivity index (χ2n) is 5.98. The number of carbonyl (C=O) groups is 2. The fourth-order valence-corrected chi connectivity index (χ4v) is 2.96. The number of nitrogens with zero attached hydrogens (tertiary/aromatic N) is 1. The van der Waals surface area contributed by atoms with Gasteiger partial charge in [-0.15, -0.1) is 0 Å². The third kappa shape index (κ3) is 2.52. The Labute approximate surface area is 117 Å². The molecule has 104 valence electrons. The molecule has 1 saturated heterocycles. The normalized spacial score (nSPS) is 21.4. The number of thiophene rings is 1. The second kappa shape index (κ2) is 4.63. The van der Waals surface area contributed by atoms with Crippen LogP contribution >= 0.6 is 11.3 Å². The highest BCUT2D eigenvalue weighted by Crippen LogP contribution is 2.26. The van der Waals surface area contributed by atoms with Crippen LogP contribution in [0, 0.1) is 0 Å². The molecule has 0 saturated carbocycles. The van der Waals surface area contributed by atoms with E-state index >= 15 is 0 Å². The Balaban J connectivity index is 2.19. The van der Waals surface area contributed by atoms with Gasteiger partial charge in [-0.05, 0) is 56.5 Å². The molecule has 5 heteroatoms. The van der Waals surface area contributed by atoms with Crippen molar-refractivity contribution in [1.29, 1.82) is 0 Å². The Hall–Kier alpha value is -1.36. The van der Waals surface area contributed by atoms with E-state index in [0.717, 1.165) is 6.42 Å². The van der Waals surface area contributed by atoms with Crippen molar-refractivity contribution in [2.24, 2.45) is 0 Å². The van der Waals surface area contributed by atoms with E-state index in [0.29, 0.717) is 6.54 Å². The fourth-order valence-electron chi connectivity index (χ4n) is 2.26. The van der Waals surface area contributed by atoms with Gasteiger partial charge in [0.2, 0.25) is 11.8 Å². The fraction of sp³-hybridized carbons (Fsp3) is 0.571. The number of hydrogen-bond acceptors (Lipinski definition) is 3. The molecule has 2 rings (SSSR count). The summed E-state index contributed by atoms with van der Waals surface area (Å²) in [6, 6.07) is 2.05. The van der Waals surface area contributed by atoms with Crippen LogP contribution in [0.25, 0.3) is 0 Å². The van der Waals surface area contributed by atoms with Gasteiger partial charge in [0.05, 0.1) is 0 Å². The van der Waals surface area contributed by atoms with Crippen LogP contribution in [-0.4, -0.2) is 34.3 Å². The van der Waals surface area contributed by atoms with Crippen molar-refractivity contribution in [3.63, 3.8) is 0 Å². The van der Waals surface area contributed by atoms with E-state index in [1.165, 1.54) is 5.56 Å². The molecule has 0 spiro atoms. The van der Waals surface area contributed by atoms with Crippen LogP contribution in [0.5, 0.6) is 0 Å². The summed E-state index contributed by atoms with van der Waals surface area (Å²) in [4.78, 5) is 26.3. The minimum atomic E-state index is -0.818. The minimum Gasteiger partial charge on any atom is -0.340 e. The molecule has 0 radical (unpaired) electrons. The van der Waals surface area contributed by atoms with Gasteiger partial charge >= 0.3 is 0 Å². The minimum absolute atomic E-state index is 0.0210. The molecule has 1 aliphatic heterocycles. The number of amides is 2. The average molecular weight is 280 g/mol. The number of rotatable bonds is 3. The standard InChI is InChI=1S/C14H20N2O2S/c1-13(2)12(18)16(14(3,4)11(17)15-13)7-5-10-6-8-19-9-10/h6,8-9H,5,7H2,1-4H3,(H,15,17). The monoisotopic (exact) mass is 280 g/mol. The zero-order valence-electron chi connectivity index (χ0n) is 11.8. The second-order valence-corrected chi connectivity index (χ2v) is 6.76. The van der Waals surface area contributed by atoms with E-state index in [2.05, 4.69) is 16.8 Å². The van der Waals surface area contributed by atoms with Gasteiger partial charge in [-0.25, -0.2) is 0 Å². The number of nitrogens with one attached hydrogen (secondary N) is 1. The molecular formula is C14H20N2O2S. The van der Waals surface area contributed by atoms with Crippen LogP contribution in [0.4, 0.5) is 0 Å². The van der Waals surface area contributed by atoms with Crippen LogP contribution < -0.4 is 5.32 Å². The Morgan fingerprint density at radius 1 is 1.26 bits per heavy atom. The van der Waals surface area contributed by atoms with E-state index in [1.807, 2.05) is 5.38 Å². The van der Waals surface area contributed by atoms with E-state index in [-0.39, 0.29) is 11.8 Å². The lowest BCUT2D eigenvalue weighted by atomic mass is 9.89. The van der Waals surface area contributed by atoms with Crippen molar-refractivity contribution in [3.05, 3.63) is 22.4 Å². The van der Waals surface area contributed by atoms with Gasteiger partial charge in [0.15, 0.2) is 0 Å². The first-order chi connectivity index (χ1) is 8.75. The molecule has 0 aliphatic carbocycles. The summed E-state index contributed by atoms with van der Waals surface area (Å²) >= 11 is 1.64. The molecule has 0 atom stereocenters. The van der Waals surface area contributed by atoms with Crippen molar-refractivity contribution >= 4 is 23.2 Å². The molecule has 0 aromatic carbocycles. The van der Waals surface area contributed by atoms with Crippen molar-refractivity contribution < 1.29 is 9.59 Å². The van der Waals surface area contributed by atoms with Crippen molar-refractivity contribution in [2.45, 2.75) is 45.2 Å². The van der Waals surface area contributed by atoms with E-state index in [9.17, 15) is 9.59 Å². The van der Waals surface area contributed by atoms with Crippen LogP contribution in [-0.2, 0) is 16.0 Å². The lowest BCUT2D eigenvalue weighted by molar-refractivity contribution is -0.159. The van der Waals surface area contributed by atoms with Crippen molar-refractivity contribution in [1.82, 2.24) is 10.2 Å². The van der Waals surface area contributed by atoms with Gasteiger partial charge in [0, 0.05) is 6.54 Å². The lowest BCUT2D eigenvalue weighted by Crippen LogP contribution is -2.72. The number of carbonyl (C=O) groups excluding carboxylic acids is 2. The highest BCUT2D eigenvalue weighted by molar-refractivity contribution is 7.07. The predicted octanol–water partition coefficient (Wildman–Crippen LogP) is 1.81. The van der Waals surface area contributed by atoms with Gasteiger partial charge in [0.1, 0.15) is 11.1 Å². The third-order valence-corrected chi connectivity index (χ3v) is 4.37. The SMILES string of the molecule is CC1(C)NC(=O)C(C)(C)N(CCc2ccsc2)C1=O. The maximum absolute atomic E-state index is 12.5. The van der Waals surface area contributed by atoms with Gasteiger partial charge in [-0.1, -0.05) is 0 Å². The smallest absolute Gasteiger partial charge is 0.248 e. The number of piperazine rings is 1. The topological polar surface area (TPSA) is 49.4 Å². The summed E-state index contributed by atoms with van der Waals surface area (Å²) < 4.78 is 0. The molecule has 4 nitrogen and oxygen atoms in total. The van der Waals surface area contributed by atoms with E-state index in [4.69, 9.17) is 0 Å². The Kier molecular flexibility index (Phi) is 3.43. The van der Waals surface area contributed by atoms with Gasteiger partial charge < -0.3 is 10.2 Å².